The third-order valence-corrected chi connectivity index (χ3v) is 4.04. The quantitative estimate of drug-likeness (QED) is 0.853. The minimum atomic E-state index is -0.157. The van der Waals surface area contributed by atoms with Crippen LogP contribution in [-0.4, -0.2) is 35.6 Å². The van der Waals surface area contributed by atoms with Gasteiger partial charge in [0.05, 0.1) is 6.61 Å². The normalized spacial score (nSPS) is 18.8. The Morgan fingerprint density at radius 3 is 2.71 bits per heavy atom. The number of hydrogen-bond donors (Lipinski definition) is 2. The Hall–Kier alpha value is -2.63. The van der Waals surface area contributed by atoms with Crippen LogP contribution in [0.5, 0.6) is 5.75 Å². The van der Waals surface area contributed by atoms with E-state index in [1.54, 1.807) is 13.1 Å². The number of ether oxygens (including phenoxy) is 1. The predicted molar refractivity (Wildman–Crippen MR) is 92.5 cm³/mol. The maximum atomic E-state index is 12.4. The van der Waals surface area contributed by atoms with Crippen molar-refractivity contribution in [3.05, 3.63) is 47.3 Å². The molecule has 1 aromatic heterocycles. The van der Waals surface area contributed by atoms with E-state index >= 15 is 0 Å². The van der Waals surface area contributed by atoms with Crippen LogP contribution in [-0.2, 0) is 0 Å². The second-order valence-corrected chi connectivity index (χ2v) is 5.89. The monoisotopic (exact) mass is 326 g/mol. The Morgan fingerprint density at radius 1 is 1.29 bits per heavy atom. The van der Waals surface area contributed by atoms with Gasteiger partial charge in [0, 0.05) is 24.7 Å². The van der Waals surface area contributed by atoms with Gasteiger partial charge in [-0.15, -0.1) is 0 Å². The van der Waals surface area contributed by atoms with Crippen molar-refractivity contribution in [1.82, 2.24) is 15.3 Å². The van der Waals surface area contributed by atoms with E-state index in [1.807, 2.05) is 26.0 Å². The number of hydrogen-bond acceptors (Lipinski definition) is 5. The molecule has 6 nitrogen and oxygen atoms in total. The van der Waals surface area contributed by atoms with Crippen LogP contribution in [0.15, 0.2) is 30.3 Å². The molecule has 0 unspecified atom stereocenters. The largest absolute Gasteiger partial charge is 0.494 e. The molecule has 0 saturated heterocycles. The summed E-state index contributed by atoms with van der Waals surface area (Å²) in [7, 11) is 1.74. The van der Waals surface area contributed by atoms with E-state index in [0.29, 0.717) is 24.2 Å². The zero-order valence-electron chi connectivity index (χ0n) is 14.2. The smallest absolute Gasteiger partial charge is 0.270 e. The molecule has 0 spiro atoms. The zero-order valence-corrected chi connectivity index (χ0v) is 14.2. The Bertz CT molecular complexity index is 730. The van der Waals surface area contributed by atoms with Crippen LogP contribution in [0.2, 0.25) is 0 Å². The van der Waals surface area contributed by atoms with Gasteiger partial charge in [0.25, 0.3) is 5.91 Å². The Kier molecular flexibility index (Phi) is 4.64. The standard InChI is InChI=1S/C18H22N4O2/c1-4-24-13-7-5-12(6-8-13)14-10-15(14)21-17(23)16-9-11(2)20-18(19-3)22-16/h5-9,14-15H,4,10H2,1-3H3,(H,21,23)(H,19,20,22)/t14-,15+/m0/s1. The highest BCUT2D eigenvalue weighted by molar-refractivity contribution is 5.93. The number of rotatable bonds is 6. The Morgan fingerprint density at radius 2 is 2.04 bits per heavy atom. The van der Waals surface area contributed by atoms with Crippen LogP contribution >= 0.6 is 0 Å². The van der Waals surface area contributed by atoms with Crippen LogP contribution in [0.1, 0.15) is 41.0 Å². The molecule has 0 bridgehead atoms. The van der Waals surface area contributed by atoms with E-state index in [1.165, 1.54) is 5.56 Å². The zero-order chi connectivity index (χ0) is 17.1. The molecule has 0 radical (unpaired) electrons. The lowest BCUT2D eigenvalue weighted by atomic mass is 10.1. The molecule has 2 atom stereocenters. The van der Waals surface area contributed by atoms with Crippen molar-refractivity contribution in [2.24, 2.45) is 0 Å². The lowest BCUT2D eigenvalue weighted by Gasteiger charge is -2.07. The number of aryl methyl sites for hydroxylation is 1. The number of aromatic nitrogens is 2. The molecule has 3 rings (SSSR count). The first kappa shape index (κ1) is 16.2. The van der Waals surface area contributed by atoms with Gasteiger partial charge in [-0.3, -0.25) is 4.79 Å². The number of anilines is 1. The summed E-state index contributed by atoms with van der Waals surface area (Å²) in [5.41, 5.74) is 2.38. The highest BCUT2D eigenvalue weighted by Crippen LogP contribution is 2.41. The minimum Gasteiger partial charge on any atom is -0.494 e. The first-order valence-corrected chi connectivity index (χ1v) is 8.17. The SMILES string of the molecule is CCOc1ccc([C@@H]2C[C@H]2NC(=O)c2cc(C)nc(NC)n2)cc1. The Labute approximate surface area is 141 Å². The van der Waals surface area contributed by atoms with E-state index < -0.39 is 0 Å². The molecule has 2 N–H and O–H groups in total. The molecule has 24 heavy (non-hydrogen) atoms. The third-order valence-electron chi connectivity index (χ3n) is 4.04. The minimum absolute atomic E-state index is 0.156. The summed E-state index contributed by atoms with van der Waals surface area (Å²) in [5, 5.41) is 5.92. The van der Waals surface area contributed by atoms with E-state index in [4.69, 9.17) is 4.74 Å². The summed E-state index contributed by atoms with van der Waals surface area (Å²) in [4.78, 5) is 20.8. The number of carbonyl (C=O) groups excluding carboxylic acids is 1. The summed E-state index contributed by atoms with van der Waals surface area (Å²) in [6.07, 6.45) is 0.947. The van der Waals surface area contributed by atoms with Crippen molar-refractivity contribution >= 4 is 11.9 Å². The molecule has 1 heterocycles. The molecular weight excluding hydrogens is 304 g/mol. The summed E-state index contributed by atoms with van der Waals surface area (Å²) in [6, 6.07) is 9.94. The highest BCUT2D eigenvalue weighted by atomic mass is 16.5. The van der Waals surface area contributed by atoms with Crippen LogP contribution < -0.4 is 15.4 Å². The molecule has 2 aromatic rings. The molecule has 1 aliphatic carbocycles. The second-order valence-electron chi connectivity index (χ2n) is 5.89. The van der Waals surface area contributed by atoms with Crippen molar-refractivity contribution in [1.29, 1.82) is 0 Å². The molecule has 1 aliphatic rings. The first-order chi connectivity index (χ1) is 11.6. The fourth-order valence-electron chi connectivity index (χ4n) is 2.74. The Balaban J connectivity index is 1.62. The van der Waals surface area contributed by atoms with Crippen LogP contribution in [0.4, 0.5) is 5.95 Å². The van der Waals surface area contributed by atoms with Gasteiger partial charge in [-0.25, -0.2) is 9.97 Å². The van der Waals surface area contributed by atoms with Crippen molar-refractivity contribution in [3.63, 3.8) is 0 Å². The number of amides is 1. The van der Waals surface area contributed by atoms with Gasteiger partial charge in [-0.2, -0.15) is 0 Å². The van der Waals surface area contributed by atoms with Gasteiger partial charge in [0.2, 0.25) is 5.95 Å². The van der Waals surface area contributed by atoms with Gasteiger partial charge in [-0.1, -0.05) is 12.1 Å². The summed E-state index contributed by atoms with van der Waals surface area (Å²) < 4.78 is 5.45. The average molecular weight is 326 g/mol. The fourth-order valence-corrected chi connectivity index (χ4v) is 2.74. The number of nitrogens with zero attached hydrogens (tertiary/aromatic N) is 2. The predicted octanol–water partition coefficient (Wildman–Crippen LogP) is 2.51. The average Bonchev–Trinajstić information content (AvgIpc) is 3.34. The lowest BCUT2D eigenvalue weighted by molar-refractivity contribution is 0.0945. The molecule has 1 aromatic carbocycles. The van der Waals surface area contributed by atoms with Crippen molar-refractivity contribution in [2.45, 2.75) is 32.2 Å². The lowest BCUT2D eigenvalue weighted by Crippen LogP contribution is -2.27. The third kappa shape index (κ3) is 3.64. The van der Waals surface area contributed by atoms with Crippen molar-refractivity contribution < 1.29 is 9.53 Å². The number of nitrogens with one attached hydrogen (secondary N) is 2. The molecule has 1 saturated carbocycles. The number of benzene rings is 1. The first-order valence-electron chi connectivity index (χ1n) is 8.17. The summed E-state index contributed by atoms with van der Waals surface area (Å²) >= 11 is 0. The topological polar surface area (TPSA) is 76.1 Å². The molecular formula is C18H22N4O2. The molecule has 126 valence electrons. The fraction of sp³-hybridized carbons (Fsp3) is 0.389. The number of carbonyl (C=O) groups is 1. The highest BCUT2D eigenvalue weighted by Gasteiger charge is 2.39. The summed E-state index contributed by atoms with van der Waals surface area (Å²) in [6.45, 7) is 4.47. The van der Waals surface area contributed by atoms with Gasteiger partial charge in [-0.05, 0) is 44.0 Å². The maximum absolute atomic E-state index is 12.4. The van der Waals surface area contributed by atoms with Crippen molar-refractivity contribution in [3.8, 4) is 5.75 Å². The van der Waals surface area contributed by atoms with Crippen molar-refractivity contribution in [2.75, 3.05) is 19.0 Å². The van der Waals surface area contributed by atoms with Gasteiger partial charge >= 0.3 is 0 Å². The van der Waals surface area contributed by atoms with E-state index in [-0.39, 0.29) is 11.9 Å². The summed E-state index contributed by atoms with van der Waals surface area (Å²) in [5.74, 6) is 1.53. The van der Waals surface area contributed by atoms with Crippen LogP contribution in [0, 0.1) is 6.92 Å². The maximum Gasteiger partial charge on any atom is 0.270 e. The van der Waals surface area contributed by atoms with Crippen LogP contribution in [0.3, 0.4) is 0 Å². The van der Waals surface area contributed by atoms with E-state index in [0.717, 1.165) is 17.9 Å². The molecule has 0 aliphatic heterocycles. The molecule has 1 amide bonds. The van der Waals surface area contributed by atoms with Gasteiger partial charge < -0.3 is 15.4 Å². The van der Waals surface area contributed by atoms with Crippen LogP contribution in [0.25, 0.3) is 0 Å². The second kappa shape index (κ2) is 6.86. The van der Waals surface area contributed by atoms with Gasteiger partial charge in [0.15, 0.2) is 0 Å². The van der Waals surface area contributed by atoms with E-state index in [9.17, 15) is 4.79 Å². The molecule has 6 heteroatoms. The van der Waals surface area contributed by atoms with Gasteiger partial charge in [0.1, 0.15) is 11.4 Å². The molecule has 1 fully saturated rings. The van der Waals surface area contributed by atoms with E-state index in [2.05, 4.69) is 32.7 Å².